The summed E-state index contributed by atoms with van der Waals surface area (Å²) in [5, 5.41) is 9.89. The first-order valence-corrected chi connectivity index (χ1v) is 7.08. The lowest BCUT2D eigenvalue weighted by Gasteiger charge is -2.20. The number of benzene rings is 1. The molecule has 1 aromatic carbocycles. The molecule has 0 saturated heterocycles. The number of nitrogens with zero attached hydrogens (tertiary/aromatic N) is 1. The minimum atomic E-state index is -0.252. The third kappa shape index (κ3) is 4.56. The summed E-state index contributed by atoms with van der Waals surface area (Å²) in [5.41, 5.74) is 1.38. The van der Waals surface area contributed by atoms with E-state index in [-0.39, 0.29) is 6.10 Å². The molecule has 0 aliphatic rings. The van der Waals surface area contributed by atoms with Crippen molar-refractivity contribution in [2.24, 2.45) is 5.92 Å². The predicted molar refractivity (Wildman–Crippen MR) is 79.0 cm³/mol. The molecule has 2 heteroatoms. The van der Waals surface area contributed by atoms with Crippen LogP contribution < -0.4 is 0 Å². The Hall–Kier alpha value is -1.54. The van der Waals surface area contributed by atoms with Crippen LogP contribution in [0.3, 0.4) is 0 Å². The van der Waals surface area contributed by atoms with Crippen LogP contribution in [0.25, 0.3) is 0 Å². The van der Waals surface area contributed by atoms with Gasteiger partial charge in [0.15, 0.2) is 0 Å². The summed E-state index contributed by atoms with van der Waals surface area (Å²) in [6.45, 7) is 2.80. The van der Waals surface area contributed by atoms with Gasteiger partial charge in [0.05, 0.1) is 6.10 Å². The molecule has 1 heterocycles. The molecule has 1 aromatic heterocycles. The van der Waals surface area contributed by atoms with Crippen molar-refractivity contribution in [1.29, 1.82) is 0 Å². The largest absolute Gasteiger partial charge is 0.393 e. The van der Waals surface area contributed by atoms with Crippen LogP contribution in [0.15, 0.2) is 54.9 Å². The van der Waals surface area contributed by atoms with Gasteiger partial charge in [-0.05, 0) is 43.9 Å². The molecular formula is C17H23NO. The van der Waals surface area contributed by atoms with Crippen molar-refractivity contribution >= 4 is 0 Å². The van der Waals surface area contributed by atoms with Crippen molar-refractivity contribution in [3.63, 3.8) is 0 Å². The van der Waals surface area contributed by atoms with Crippen LogP contribution in [0, 0.1) is 5.92 Å². The molecular weight excluding hydrogens is 234 g/mol. The van der Waals surface area contributed by atoms with Gasteiger partial charge < -0.3 is 9.67 Å². The van der Waals surface area contributed by atoms with Crippen molar-refractivity contribution in [2.75, 3.05) is 0 Å². The molecule has 102 valence electrons. The molecule has 2 aromatic rings. The van der Waals surface area contributed by atoms with E-state index in [1.165, 1.54) is 5.56 Å². The Balaban J connectivity index is 1.81. The molecule has 2 nitrogen and oxygen atoms in total. The minimum absolute atomic E-state index is 0.252. The first-order chi connectivity index (χ1) is 9.25. The van der Waals surface area contributed by atoms with E-state index in [2.05, 4.69) is 41.2 Å². The maximum atomic E-state index is 9.89. The lowest BCUT2D eigenvalue weighted by atomic mass is 9.95. The molecule has 0 spiro atoms. The average molecular weight is 257 g/mol. The van der Waals surface area contributed by atoms with E-state index in [9.17, 15) is 5.11 Å². The van der Waals surface area contributed by atoms with Crippen molar-refractivity contribution in [3.8, 4) is 0 Å². The highest BCUT2D eigenvalue weighted by atomic mass is 16.3. The zero-order valence-corrected chi connectivity index (χ0v) is 11.6. The van der Waals surface area contributed by atoms with E-state index in [4.69, 9.17) is 0 Å². The zero-order chi connectivity index (χ0) is 13.5. The number of hydrogen-bond acceptors (Lipinski definition) is 1. The summed E-state index contributed by atoms with van der Waals surface area (Å²) in [6.07, 6.45) is 7.15. The smallest absolute Gasteiger partial charge is 0.0557 e. The van der Waals surface area contributed by atoms with Crippen LogP contribution in [0.2, 0.25) is 0 Å². The first-order valence-electron chi connectivity index (χ1n) is 7.08. The second-order valence-corrected chi connectivity index (χ2v) is 5.26. The molecule has 0 aliphatic carbocycles. The summed E-state index contributed by atoms with van der Waals surface area (Å²) in [5.74, 6) is 0.330. The van der Waals surface area contributed by atoms with E-state index in [1.807, 2.05) is 25.1 Å². The fourth-order valence-corrected chi connectivity index (χ4v) is 2.46. The van der Waals surface area contributed by atoms with Crippen LogP contribution in [0.1, 0.15) is 25.3 Å². The Morgan fingerprint density at radius 2 is 1.74 bits per heavy atom. The van der Waals surface area contributed by atoms with Gasteiger partial charge in [0.25, 0.3) is 0 Å². The Labute approximate surface area is 115 Å². The summed E-state index contributed by atoms with van der Waals surface area (Å²) in [6, 6.07) is 14.6. The predicted octanol–water partition coefficient (Wildman–Crippen LogP) is 3.51. The number of rotatable bonds is 7. The molecule has 0 aliphatic heterocycles. The van der Waals surface area contributed by atoms with Crippen LogP contribution >= 0.6 is 0 Å². The molecule has 0 amide bonds. The third-order valence-corrected chi connectivity index (χ3v) is 3.68. The molecule has 0 unspecified atom stereocenters. The quantitative estimate of drug-likeness (QED) is 0.806. The summed E-state index contributed by atoms with van der Waals surface area (Å²) in [4.78, 5) is 0. The maximum absolute atomic E-state index is 9.89. The molecule has 0 fully saturated rings. The summed E-state index contributed by atoms with van der Waals surface area (Å²) < 4.78 is 2.15. The number of aromatic nitrogens is 1. The van der Waals surface area contributed by atoms with Gasteiger partial charge in [-0.2, -0.15) is 0 Å². The lowest BCUT2D eigenvalue weighted by molar-refractivity contribution is 0.108. The molecule has 2 atom stereocenters. The van der Waals surface area contributed by atoms with Gasteiger partial charge >= 0.3 is 0 Å². The molecule has 0 bridgehead atoms. The van der Waals surface area contributed by atoms with Crippen LogP contribution in [-0.4, -0.2) is 15.8 Å². The standard InChI is InChI=1S/C17H23NO/c1-15(19)17(14-18-12-5-6-13-18)11-7-10-16-8-3-2-4-9-16/h2-6,8-9,12-13,15,17,19H,7,10-11,14H2,1H3/t15-,17+/m1/s1. The van der Waals surface area contributed by atoms with Gasteiger partial charge in [-0.15, -0.1) is 0 Å². The molecule has 0 radical (unpaired) electrons. The van der Waals surface area contributed by atoms with E-state index < -0.39 is 0 Å². The number of hydrogen-bond donors (Lipinski definition) is 1. The van der Waals surface area contributed by atoms with Crippen molar-refractivity contribution < 1.29 is 5.11 Å². The van der Waals surface area contributed by atoms with Gasteiger partial charge in [-0.1, -0.05) is 30.3 Å². The maximum Gasteiger partial charge on any atom is 0.0557 e. The van der Waals surface area contributed by atoms with E-state index in [1.54, 1.807) is 0 Å². The topological polar surface area (TPSA) is 25.2 Å². The number of aryl methyl sites for hydroxylation is 1. The first kappa shape index (κ1) is 13.9. The SMILES string of the molecule is C[C@@H](O)[C@@H](CCCc1ccccc1)Cn1cccc1. The fraction of sp³-hybridized carbons (Fsp3) is 0.412. The number of aliphatic hydroxyl groups excluding tert-OH is 1. The van der Waals surface area contributed by atoms with Gasteiger partial charge in [0.2, 0.25) is 0 Å². The Kier molecular flexibility index (Phi) is 5.22. The highest BCUT2D eigenvalue weighted by Gasteiger charge is 2.14. The van der Waals surface area contributed by atoms with E-state index in [0.29, 0.717) is 5.92 Å². The lowest BCUT2D eigenvalue weighted by Crippen LogP contribution is -2.22. The van der Waals surface area contributed by atoms with Crippen LogP contribution in [0.5, 0.6) is 0 Å². The van der Waals surface area contributed by atoms with E-state index in [0.717, 1.165) is 25.8 Å². The third-order valence-electron chi connectivity index (χ3n) is 3.68. The van der Waals surface area contributed by atoms with Gasteiger partial charge in [0.1, 0.15) is 0 Å². The fourth-order valence-electron chi connectivity index (χ4n) is 2.46. The Morgan fingerprint density at radius 3 is 2.37 bits per heavy atom. The van der Waals surface area contributed by atoms with Crippen LogP contribution in [-0.2, 0) is 13.0 Å². The van der Waals surface area contributed by atoms with Crippen molar-refractivity contribution in [1.82, 2.24) is 4.57 Å². The van der Waals surface area contributed by atoms with Crippen molar-refractivity contribution in [2.45, 2.75) is 38.8 Å². The average Bonchev–Trinajstić information content (AvgIpc) is 2.91. The van der Waals surface area contributed by atoms with E-state index >= 15 is 0 Å². The molecule has 2 rings (SSSR count). The monoisotopic (exact) mass is 257 g/mol. The second-order valence-electron chi connectivity index (χ2n) is 5.26. The molecule has 0 saturated carbocycles. The van der Waals surface area contributed by atoms with Gasteiger partial charge in [-0.3, -0.25) is 0 Å². The normalized spacial score (nSPS) is 14.2. The summed E-state index contributed by atoms with van der Waals surface area (Å²) in [7, 11) is 0. The summed E-state index contributed by atoms with van der Waals surface area (Å²) >= 11 is 0. The highest BCUT2D eigenvalue weighted by molar-refractivity contribution is 5.14. The van der Waals surface area contributed by atoms with Crippen molar-refractivity contribution in [3.05, 3.63) is 60.4 Å². The van der Waals surface area contributed by atoms with Crippen LogP contribution in [0.4, 0.5) is 0 Å². The van der Waals surface area contributed by atoms with Gasteiger partial charge in [-0.25, -0.2) is 0 Å². The zero-order valence-electron chi connectivity index (χ0n) is 11.6. The minimum Gasteiger partial charge on any atom is -0.393 e. The van der Waals surface area contributed by atoms with Gasteiger partial charge in [0, 0.05) is 24.9 Å². The number of aliphatic hydroxyl groups is 1. The molecule has 19 heavy (non-hydrogen) atoms. The Morgan fingerprint density at radius 1 is 1.05 bits per heavy atom. The highest BCUT2D eigenvalue weighted by Crippen LogP contribution is 2.17. The Bertz CT molecular complexity index is 447. The molecule has 1 N–H and O–H groups in total. The second kappa shape index (κ2) is 7.15.